The number of hydrogen-bond acceptors (Lipinski definition) is 0. The Morgan fingerprint density at radius 1 is 0.558 bits per heavy atom. The van der Waals surface area contributed by atoms with Gasteiger partial charge in [-0.25, -0.2) is 11.6 Å². The number of rotatable bonds is 2. The average molecular weight is 811 g/mol. The first-order valence-corrected chi connectivity index (χ1v) is 19.5. The summed E-state index contributed by atoms with van der Waals surface area (Å²) in [6.45, 7) is 31.4. The predicted octanol–water partition coefficient (Wildman–Crippen LogP) is 7.08. The molecule has 0 aromatic heterocycles. The Bertz CT molecular complexity index is 1770. The molecule has 0 bridgehead atoms. The SMILES string of the molecule is CC(C)(C)c1c[c-]c2c(c1)-c1cc(C(C)(C)C)ccc1C2.CC(C)(C)c1ccc([C](=[Zr+2])c2ccc(C(C)(C)C)cc2)cc1.Cc1c[cH-]c(C)c1.[Cl-].[Cl-]. The van der Waals surface area contributed by atoms with Gasteiger partial charge in [-0.3, -0.25) is 0 Å². The van der Waals surface area contributed by atoms with E-state index in [2.05, 4.69) is 200 Å². The van der Waals surface area contributed by atoms with Crippen LogP contribution in [0.3, 0.4) is 0 Å². The molecular weight excluding hydrogens is 751 g/mol. The summed E-state index contributed by atoms with van der Waals surface area (Å²) >= 11 is 1.46. The Hall–Kier alpha value is -2.44. The monoisotopic (exact) mass is 808 g/mol. The van der Waals surface area contributed by atoms with Crippen molar-refractivity contribution in [3.8, 4) is 11.1 Å². The fraction of sp³-hybridized carbons (Fsp3) is 0.388. The molecule has 0 saturated carbocycles. The third kappa shape index (κ3) is 12.0. The zero-order valence-electron chi connectivity index (χ0n) is 34.2. The fourth-order valence-electron chi connectivity index (χ4n) is 6.14. The number of fused-ring (bicyclic) bond motifs is 3. The molecule has 52 heavy (non-hydrogen) atoms. The molecule has 0 radical (unpaired) electrons. The Kier molecular flexibility index (Phi) is 15.6. The van der Waals surface area contributed by atoms with E-state index in [4.69, 9.17) is 0 Å². The summed E-state index contributed by atoms with van der Waals surface area (Å²) in [4.78, 5) is 0. The van der Waals surface area contributed by atoms with Crippen LogP contribution in [0.4, 0.5) is 0 Å². The molecule has 0 fully saturated rings. The first-order valence-electron chi connectivity index (χ1n) is 18.2. The summed E-state index contributed by atoms with van der Waals surface area (Å²) in [5, 5.41) is 0. The van der Waals surface area contributed by atoms with Crippen molar-refractivity contribution in [3.05, 3.63) is 159 Å². The molecular formula is C49H60Cl2Zr-2. The van der Waals surface area contributed by atoms with E-state index in [0.717, 1.165) is 6.42 Å². The smallest absolute Gasteiger partial charge is 0.0635 e. The minimum atomic E-state index is 0. The molecule has 1 aliphatic carbocycles. The van der Waals surface area contributed by atoms with Gasteiger partial charge in [0.2, 0.25) is 0 Å². The fourth-order valence-corrected chi connectivity index (χ4v) is 6.96. The van der Waals surface area contributed by atoms with Crippen LogP contribution in [-0.2, 0) is 52.3 Å². The Morgan fingerprint density at radius 2 is 0.981 bits per heavy atom. The summed E-state index contributed by atoms with van der Waals surface area (Å²) < 4.78 is 1.42. The molecule has 276 valence electrons. The predicted molar refractivity (Wildman–Crippen MR) is 216 cm³/mol. The molecule has 0 N–H and O–H groups in total. The van der Waals surface area contributed by atoms with E-state index >= 15 is 0 Å². The largest absolute Gasteiger partial charge is 1.00 e. The molecule has 0 aliphatic heterocycles. The molecule has 0 saturated heterocycles. The van der Waals surface area contributed by atoms with E-state index in [9.17, 15) is 0 Å². The van der Waals surface area contributed by atoms with E-state index in [0.29, 0.717) is 0 Å². The zero-order chi connectivity index (χ0) is 37.2. The molecule has 0 atom stereocenters. The maximum atomic E-state index is 3.53. The van der Waals surface area contributed by atoms with E-state index in [-0.39, 0.29) is 46.5 Å². The summed E-state index contributed by atoms with van der Waals surface area (Å²) in [6, 6.07) is 39.6. The molecule has 0 amide bonds. The molecule has 0 heterocycles. The molecule has 3 heteroatoms. The van der Waals surface area contributed by atoms with Gasteiger partial charge in [0.1, 0.15) is 0 Å². The van der Waals surface area contributed by atoms with E-state index in [1.807, 2.05) is 0 Å². The standard InChI is InChI=1S/C21H25.C21H26.C7H9.2ClH.Zr/c1-20(2,3)16-9-7-14-11-15-8-10-17(21(4,5)6)13-19(15)18(14)12-16;1-20(2,3)18-11-7-16(8-12-18)15-17-9-13-19(14-10-17)21(4,5)6;1-6-3-4-7(2)5-6;;;/h7,9-10,12-13H,11H2,1-6H3;7-14H,1-6H3;3-5H,1-2H3;2*1H;/q-1;;-1;;;+2/p-2. The van der Waals surface area contributed by atoms with Gasteiger partial charge in [0.25, 0.3) is 0 Å². The molecule has 5 aromatic rings. The Labute approximate surface area is 344 Å². The molecule has 5 aromatic carbocycles. The zero-order valence-corrected chi connectivity index (χ0v) is 38.2. The summed E-state index contributed by atoms with van der Waals surface area (Å²) in [5.74, 6) is 0. The normalized spacial score (nSPS) is 12.2. The number of hydrogen-bond donors (Lipinski definition) is 0. The number of aryl methyl sites for hydroxylation is 2. The van der Waals surface area contributed by atoms with Crippen LogP contribution in [0.1, 0.15) is 139 Å². The summed E-state index contributed by atoms with van der Waals surface area (Å²) in [5.41, 5.74) is 17.4. The van der Waals surface area contributed by atoms with Gasteiger partial charge in [0.15, 0.2) is 0 Å². The van der Waals surface area contributed by atoms with Gasteiger partial charge in [-0.05, 0) is 17.4 Å². The minimum absolute atomic E-state index is 0. The molecule has 1 aliphatic rings. The first kappa shape index (κ1) is 45.7. The van der Waals surface area contributed by atoms with Crippen LogP contribution in [0.5, 0.6) is 0 Å². The second-order valence-electron chi connectivity index (χ2n) is 18.3. The van der Waals surface area contributed by atoms with Gasteiger partial charge in [0.05, 0.1) is 0 Å². The molecule has 0 spiro atoms. The van der Waals surface area contributed by atoms with Crippen LogP contribution >= 0.6 is 0 Å². The Morgan fingerprint density at radius 3 is 1.35 bits per heavy atom. The third-order valence-electron chi connectivity index (χ3n) is 9.67. The van der Waals surface area contributed by atoms with Crippen molar-refractivity contribution < 1.29 is 49.0 Å². The molecule has 0 unspecified atom stereocenters. The van der Waals surface area contributed by atoms with Crippen LogP contribution in [-0.4, -0.2) is 3.21 Å². The van der Waals surface area contributed by atoms with Crippen molar-refractivity contribution >= 4 is 3.21 Å². The Balaban J connectivity index is 0.000000294. The van der Waals surface area contributed by atoms with E-state index in [1.165, 1.54) is 94.2 Å². The maximum Gasteiger partial charge on any atom is -0.0635 e. The van der Waals surface area contributed by atoms with Gasteiger partial charge in [-0.15, -0.1) is 5.56 Å². The van der Waals surface area contributed by atoms with Crippen LogP contribution in [0.2, 0.25) is 0 Å². The summed E-state index contributed by atoms with van der Waals surface area (Å²) in [6.07, 6.45) is 1.03. The van der Waals surface area contributed by atoms with Crippen molar-refractivity contribution in [1.82, 2.24) is 0 Å². The van der Waals surface area contributed by atoms with Crippen LogP contribution in [0.15, 0.2) is 97.1 Å². The van der Waals surface area contributed by atoms with Gasteiger partial charge in [0, 0.05) is 0 Å². The van der Waals surface area contributed by atoms with Gasteiger partial charge < -0.3 is 24.8 Å². The van der Waals surface area contributed by atoms with Crippen molar-refractivity contribution in [2.75, 3.05) is 0 Å². The van der Waals surface area contributed by atoms with E-state index < -0.39 is 0 Å². The van der Waals surface area contributed by atoms with Crippen LogP contribution in [0.25, 0.3) is 11.1 Å². The molecule has 6 rings (SSSR count). The summed E-state index contributed by atoms with van der Waals surface area (Å²) in [7, 11) is 0. The maximum absolute atomic E-state index is 3.53. The van der Waals surface area contributed by atoms with Crippen molar-refractivity contribution in [2.24, 2.45) is 0 Å². The first-order chi connectivity index (χ1) is 23.0. The van der Waals surface area contributed by atoms with E-state index in [1.54, 1.807) is 0 Å². The second-order valence-corrected chi connectivity index (χ2v) is 19.6. The third-order valence-corrected chi connectivity index (χ3v) is 11.1. The van der Waals surface area contributed by atoms with Crippen LogP contribution < -0.4 is 24.8 Å². The van der Waals surface area contributed by atoms with Gasteiger partial charge in [-0.1, -0.05) is 90.1 Å². The van der Waals surface area contributed by atoms with Crippen LogP contribution in [0, 0.1) is 19.9 Å². The average Bonchev–Trinajstić information content (AvgIpc) is 3.60. The van der Waals surface area contributed by atoms with Crippen molar-refractivity contribution in [3.63, 3.8) is 0 Å². The molecule has 0 nitrogen and oxygen atoms in total. The van der Waals surface area contributed by atoms with Gasteiger partial charge >= 0.3 is 151 Å². The number of halogens is 2. The van der Waals surface area contributed by atoms with Crippen molar-refractivity contribution in [2.45, 2.75) is 125 Å². The minimum Gasteiger partial charge on any atom is -1.00 e. The van der Waals surface area contributed by atoms with Crippen molar-refractivity contribution in [1.29, 1.82) is 0 Å². The number of benzene rings is 4. The second kappa shape index (κ2) is 17.8. The van der Waals surface area contributed by atoms with Gasteiger partial charge in [-0.2, -0.15) is 47.0 Å². The quantitative estimate of drug-likeness (QED) is 0.164. The topological polar surface area (TPSA) is 0 Å².